The van der Waals surface area contributed by atoms with Crippen molar-refractivity contribution in [2.75, 3.05) is 5.73 Å². The lowest BCUT2D eigenvalue weighted by Crippen LogP contribution is -2.13. The Labute approximate surface area is 170 Å². The van der Waals surface area contributed by atoms with Crippen LogP contribution in [-0.4, -0.2) is 28.7 Å². The molecule has 0 amide bonds. The minimum Gasteiger partial charge on any atom is -0.392 e. The fourth-order valence-electron chi connectivity index (χ4n) is 2.62. The van der Waals surface area contributed by atoms with Gasteiger partial charge in [-0.1, -0.05) is 36.3 Å². The highest BCUT2D eigenvalue weighted by atomic mass is 32.2. The number of nitrogens with zero attached hydrogens (tertiary/aromatic N) is 2. The lowest BCUT2D eigenvalue weighted by atomic mass is 10.1. The first-order chi connectivity index (χ1) is 13.8. The Bertz CT molecular complexity index is 1190. The molecular formula is C22H21N3O3S. The fraction of sp³-hybridized carbons (Fsp3) is 0.182. The van der Waals surface area contributed by atoms with Gasteiger partial charge < -0.3 is 10.8 Å². The van der Waals surface area contributed by atoms with Gasteiger partial charge in [0.25, 0.3) is 0 Å². The van der Waals surface area contributed by atoms with E-state index in [4.69, 9.17) is 5.73 Å². The van der Waals surface area contributed by atoms with Gasteiger partial charge in [0, 0.05) is 11.1 Å². The first-order valence-corrected chi connectivity index (χ1v) is 10.5. The molecule has 7 heteroatoms. The van der Waals surface area contributed by atoms with E-state index in [2.05, 4.69) is 21.8 Å². The zero-order chi connectivity index (χ0) is 21.0. The van der Waals surface area contributed by atoms with Crippen LogP contribution >= 0.6 is 0 Å². The number of aliphatic hydroxyl groups is 1. The molecule has 3 N–H and O–H groups in total. The number of benzene rings is 2. The van der Waals surface area contributed by atoms with Crippen molar-refractivity contribution in [2.24, 2.45) is 0 Å². The van der Waals surface area contributed by atoms with E-state index >= 15 is 0 Å². The summed E-state index contributed by atoms with van der Waals surface area (Å²) in [5, 5.41) is 8.92. The van der Waals surface area contributed by atoms with E-state index in [1.807, 2.05) is 12.1 Å². The molecular weight excluding hydrogens is 386 g/mol. The summed E-state index contributed by atoms with van der Waals surface area (Å²) in [6.45, 7) is 3.18. The second-order valence-electron chi connectivity index (χ2n) is 6.67. The maximum absolute atomic E-state index is 12.3. The predicted octanol–water partition coefficient (Wildman–Crippen LogP) is 2.80. The van der Waals surface area contributed by atoms with Crippen molar-refractivity contribution in [1.29, 1.82) is 0 Å². The molecule has 0 radical (unpaired) electrons. The number of nitrogens with two attached hydrogens (primary N) is 1. The highest BCUT2D eigenvalue weighted by Crippen LogP contribution is 2.22. The largest absolute Gasteiger partial charge is 0.392 e. The molecule has 0 saturated heterocycles. The van der Waals surface area contributed by atoms with E-state index in [-0.39, 0.29) is 17.3 Å². The maximum Gasteiger partial charge on any atom is 0.180 e. The summed E-state index contributed by atoms with van der Waals surface area (Å²) in [4.78, 5) is 8.89. The van der Waals surface area contributed by atoms with Crippen LogP contribution in [0.25, 0.3) is 11.3 Å². The Hall–Kier alpha value is -3.21. The van der Waals surface area contributed by atoms with Crippen molar-refractivity contribution in [3.05, 3.63) is 71.5 Å². The first kappa shape index (κ1) is 20.5. The minimum absolute atomic E-state index is 0.113. The average molecular weight is 407 g/mol. The molecule has 0 bridgehead atoms. The van der Waals surface area contributed by atoms with Crippen molar-refractivity contribution < 1.29 is 13.5 Å². The van der Waals surface area contributed by atoms with Crippen LogP contribution in [0.2, 0.25) is 0 Å². The summed E-state index contributed by atoms with van der Waals surface area (Å²) >= 11 is 0. The van der Waals surface area contributed by atoms with Gasteiger partial charge in [-0.3, -0.25) is 0 Å². The van der Waals surface area contributed by atoms with Gasteiger partial charge in [-0.2, -0.15) is 0 Å². The fourth-order valence-corrected chi connectivity index (χ4v) is 3.68. The van der Waals surface area contributed by atoms with E-state index in [0.717, 1.165) is 0 Å². The number of anilines is 1. The van der Waals surface area contributed by atoms with Crippen LogP contribution in [0.4, 0.5) is 5.82 Å². The van der Waals surface area contributed by atoms with Crippen molar-refractivity contribution in [2.45, 2.75) is 30.6 Å². The maximum atomic E-state index is 12.3. The van der Waals surface area contributed by atoms with Crippen LogP contribution in [0, 0.1) is 11.8 Å². The molecule has 0 spiro atoms. The summed E-state index contributed by atoms with van der Waals surface area (Å²) < 4.78 is 24.5. The number of hydrogen-bond donors (Lipinski definition) is 2. The van der Waals surface area contributed by atoms with Gasteiger partial charge in [-0.05, 0) is 43.5 Å². The van der Waals surface area contributed by atoms with Gasteiger partial charge in [-0.25, -0.2) is 18.4 Å². The second kappa shape index (κ2) is 8.43. The van der Waals surface area contributed by atoms with E-state index < -0.39 is 15.1 Å². The van der Waals surface area contributed by atoms with E-state index in [9.17, 15) is 13.5 Å². The molecule has 148 valence electrons. The third kappa shape index (κ3) is 4.45. The SMILES string of the molecule is CC(C)S(=O)(=O)c1ccc(-c2cnc(N)c(C#Cc3ccccc3CO)n2)cc1. The van der Waals surface area contributed by atoms with Crippen LogP contribution in [0.5, 0.6) is 0 Å². The molecule has 0 atom stereocenters. The zero-order valence-corrected chi connectivity index (χ0v) is 16.9. The minimum atomic E-state index is -3.34. The molecule has 29 heavy (non-hydrogen) atoms. The Morgan fingerprint density at radius 1 is 1.07 bits per heavy atom. The normalized spacial score (nSPS) is 11.2. The number of aliphatic hydroxyl groups excluding tert-OH is 1. The lowest BCUT2D eigenvalue weighted by Gasteiger charge is -2.09. The second-order valence-corrected chi connectivity index (χ2v) is 9.18. The number of nitrogen functional groups attached to an aromatic ring is 1. The highest BCUT2D eigenvalue weighted by Gasteiger charge is 2.19. The van der Waals surface area contributed by atoms with Gasteiger partial charge >= 0.3 is 0 Å². The molecule has 6 nitrogen and oxygen atoms in total. The Morgan fingerprint density at radius 3 is 2.41 bits per heavy atom. The van der Waals surface area contributed by atoms with Crippen LogP contribution in [0.15, 0.2) is 59.6 Å². The van der Waals surface area contributed by atoms with Crippen molar-refractivity contribution in [3.63, 3.8) is 0 Å². The molecule has 3 aromatic rings. The van der Waals surface area contributed by atoms with E-state index in [1.54, 1.807) is 50.2 Å². The summed E-state index contributed by atoms with van der Waals surface area (Å²) in [5.74, 6) is 6.07. The van der Waals surface area contributed by atoms with Gasteiger partial charge in [-0.15, -0.1) is 0 Å². The van der Waals surface area contributed by atoms with Crippen LogP contribution in [0.3, 0.4) is 0 Å². The third-order valence-corrected chi connectivity index (χ3v) is 6.57. The molecule has 0 aliphatic carbocycles. The van der Waals surface area contributed by atoms with Gasteiger partial charge in [0.15, 0.2) is 21.3 Å². The molecule has 0 unspecified atom stereocenters. The summed E-state index contributed by atoms with van der Waals surface area (Å²) in [5.41, 5.74) is 8.87. The molecule has 1 aromatic heterocycles. The molecule has 0 fully saturated rings. The summed E-state index contributed by atoms with van der Waals surface area (Å²) in [6, 6.07) is 13.8. The molecule has 1 heterocycles. The van der Waals surface area contributed by atoms with E-state index in [1.165, 1.54) is 6.20 Å². The Balaban J connectivity index is 1.95. The number of rotatable bonds is 4. The van der Waals surface area contributed by atoms with Gasteiger partial charge in [0.05, 0.1) is 28.6 Å². The molecule has 2 aromatic carbocycles. The Kier molecular flexibility index (Phi) is 5.97. The van der Waals surface area contributed by atoms with Crippen molar-refractivity contribution in [1.82, 2.24) is 9.97 Å². The number of aromatic nitrogens is 2. The molecule has 3 rings (SSSR count). The molecule has 0 saturated carbocycles. The zero-order valence-electron chi connectivity index (χ0n) is 16.1. The predicted molar refractivity (Wildman–Crippen MR) is 113 cm³/mol. The van der Waals surface area contributed by atoms with Gasteiger partial charge in [0.2, 0.25) is 0 Å². The van der Waals surface area contributed by atoms with E-state index in [0.29, 0.717) is 28.1 Å². The standard InChI is InChI=1S/C22H21N3O3S/c1-15(2)29(27,28)19-10-7-17(8-11-19)21-13-24-22(23)20(25-21)12-9-16-5-3-4-6-18(16)14-26/h3-8,10-11,13,15,26H,14H2,1-2H3,(H2,23,24). The number of sulfone groups is 1. The smallest absolute Gasteiger partial charge is 0.180 e. The number of hydrogen-bond acceptors (Lipinski definition) is 6. The third-order valence-electron chi connectivity index (χ3n) is 4.40. The van der Waals surface area contributed by atoms with Crippen molar-refractivity contribution in [3.8, 4) is 23.1 Å². The first-order valence-electron chi connectivity index (χ1n) is 9.00. The summed E-state index contributed by atoms with van der Waals surface area (Å²) in [7, 11) is -3.34. The highest BCUT2D eigenvalue weighted by molar-refractivity contribution is 7.92. The quantitative estimate of drug-likeness (QED) is 0.644. The van der Waals surface area contributed by atoms with Crippen LogP contribution in [0.1, 0.15) is 30.7 Å². The monoisotopic (exact) mass is 407 g/mol. The van der Waals surface area contributed by atoms with Gasteiger partial charge in [0.1, 0.15) is 0 Å². The average Bonchev–Trinajstić information content (AvgIpc) is 2.73. The van der Waals surface area contributed by atoms with Crippen LogP contribution < -0.4 is 5.73 Å². The summed E-state index contributed by atoms with van der Waals surface area (Å²) in [6.07, 6.45) is 1.52. The molecule has 0 aliphatic heterocycles. The Morgan fingerprint density at radius 2 is 1.76 bits per heavy atom. The lowest BCUT2D eigenvalue weighted by molar-refractivity contribution is 0.281. The van der Waals surface area contributed by atoms with Crippen molar-refractivity contribution >= 4 is 15.7 Å². The van der Waals surface area contributed by atoms with Crippen LogP contribution in [-0.2, 0) is 16.4 Å². The topological polar surface area (TPSA) is 106 Å². The molecule has 0 aliphatic rings.